The van der Waals surface area contributed by atoms with E-state index in [2.05, 4.69) is 17.2 Å². The van der Waals surface area contributed by atoms with E-state index in [4.69, 9.17) is 14.2 Å². The summed E-state index contributed by atoms with van der Waals surface area (Å²) in [5.41, 5.74) is 1.84. The number of amides is 1. The minimum absolute atomic E-state index is 0.0912. The largest absolute Gasteiger partial charge is 0.494 e. The highest BCUT2D eigenvalue weighted by molar-refractivity contribution is 7.14. The van der Waals surface area contributed by atoms with Gasteiger partial charge in [0, 0.05) is 17.6 Å². The Bertz CT molecular complexity index is 711. The summed E-state index contributed by atoms with van der Waals surface area (Å²) in [6, 6.07) is 7.83. The molecule has 1 aliphatic heterocycles. The third kappa shape index (κ3) is 6.30. The molecule has 1 N–H and O–H groups in total. The van der Waals surface area contributed by atoms with E-state index in [0.717, 1.165) is 42.9 Å². The fourth-order valence-corrected chi connectivity index (χ4v) is 3.48. The second-order valence-electron chi connectivity index (χ2n) is 6.42. The van der Waals surface area contributed by atoms with Crippen molar-refractivity contribution in [3.05, 3.63) is 29.6 Å². The summed E-state index contributed by atoms with van der Waals surface area (Å²) in [6.07, 6.45) is 3.62. The number of nitrogens with one attached hydrogen (secondary N) is 1. The highest BCUT2D eigenvalue weighted by atomic mass is 32.1. The number of carbonyl (C=O) groups is 1. The van der Waals surface area contributed by atoms with Crippen molar-refractivity contribution in [2.75, 3.05) is 31.7 Å². The van der Waals surface area contributed by atoms with E-state index in [0.29, 0.717) is 31.4 Å². The molecule has 27 heavy (non-hydrogen) atoms. The summed E-state index contributed by atoms with van der Waals surface area (Å²) < 4.78 is 16.6. The molecule has 6 nitrogen and oxygen atoms in total. The maximum atomic E-state index is 12.0. The number of ether oxygens (including phenoxy) is 3. The van der Waals surface area contributed by atoms with Gasteiger partial charge in [0.15, 0.2) is 5.13 Å². The predicted octanol–water partition coefficient (Wildman–Crippen LogP) is 4.12. The van der Waals surface area contributed by atoms with Crippen molar-refractivity contribution in [1.29, 1.82) is 0 Å². The molecule has 0 radical (unpaired) electrons. The molecule has 1 unspecified atom stereocenters. The third-order valence-electron chi connectivity index (χ3n) is 4.17. The van der Waals surface area contributed by atoms with E-state index in [1.165, 1.54) is 11.3 Å². The van der Waals surface area contributed by atoms with Gasteiger partial charge in [0.2, 0.25) is 5.91 Å². The van der Waals surface area contributed by atoms with Crippen LogP contribution >= 0.6 is 11.3 Å². The highest BCUT2D eigenvalue weighted by Crippen LogP contribution is 2.26. The van der Waals surface area contributed by atoms with Gasteiger partial charge in [-0.25, -0.2) is 4.98 Å². The smallest absolute Gasteiger partial charge is 0.228 e. The molecule has 1 aromatic heterocycles. The van der Waals surface area contributed by atoms with E-state index in [9.17, 15) is 4.79 Å². The first-order valence-corrected chi connectivity index (χ1v) is 10.3. The zero-order chi connectivity index (χ0) is 18.9. The summed E-state index contributed by atoms with van der Waals surface area (Å²) in [5, 5.41) is 5.37. The molecule has 7 heteroatoms. The molecule has 0 spiro atoms. The van der Waals surface area contributed by atoms with Gasteiger partial charge in [-0.3, -0.25) is 4.79 Å². The van der Waals surface area contributed by atoms with Crippen molar-refractivity contribution in [2.45, 2.75) is 38.7 Å². The lowest BCUT2D eigenvalue weighted by molar-refractivity contribution is -0.117. The van der Waals surface area contributed by atoms with Gasteiger partial charge in [0.05, 0.1) is 38.0 Å². The quantitative estimate of drug-likeness (QED) is 0.618. The standard InChI is InChI=1S/C20H26N2O4S/c1-2-10-25-16-7-5-15(6-8-16)18-14-27-20(21-18)22-19(23)9-12-24-13-17-4-3-11-26-17/h5-8,14,17H,2-4,9-13H2,1H3,(H,21,22,23). The van der Waals surface area contributed by atoms with Crippen LogP contribution in [0.15, 0.2) is 29.6 Å². The van der Waals surface area contributed by atoms with Gasteiger partial charge < -0.3 is 19.5 Å². The zero-order valence-corrected chi connectivity index (χ0v) is 16.4. The van der Waals surface area contributed by atoms with Gasteiger partial charge in [-0.1, -0.05) is 6.92 Å². The molecule has 1 fully saturated rings. The molecule has 1 aromatic carbocycles. The van der Waals surface area contributed by atoms with Gasteiger partial charge in [0.1, 0.15) is 5.75 Å². The second-order valence-corrected chi connectivity index (χ2v) is 7.28. The van der Waals surface area contributed by atoms with Crippen molar-refractivity contribution in [2.24, 2.45) is 0 Å². The minimum atomic E-state index is -0.0912. The number of anilines is 1. The summed E-state index contributed by atoms with van der Waals surface area (Å²) in [4.78, 5) is 16.5. The topological polar surface area (TPSA) is 69.7 Å². The fraction of sp³-hybridized carbons (Fsp3) is 0.500. The highest BCUT2D eigenvalue weighted by Gasteiger charge is 2.15. The Labute approximate surface area is 163 Å². The molecule has 1 saturated heterocycles. The SMILES string of the molecule is CCCOc1ccc(-c2csc(NC(=O)CCOCC3CCCO3)n2)cc1. The summed E-state index contributed by atoms with van der Waals surface area (Å²) in [6.45, 7) is 4.56. The number of hydrogen-bond acceptors (Lipinski definition) is 6. The second kappa shape index (κ2) is 10.4. The van der Waals surface area contributed by atoms with Gasteiger partial charge in [-0.15, -0.1) is 11.3 Å². The van der Waals surface area contributed by atoms with Crippen LogP contribution in [0.2, 0.25) is 0 Å². The number of carbonyl (C=O) groups excluding carboxylic acids is 1. The maximum Gasteiger partial charge on any atom is 0.228 e. The van der Waals surface area contributed by atoms with Crippen LogP contribution in [0.25, 0.3) is 11.3 Å². The first kappa shape index (κ1) is 19.8. The van der Waals surface area contributed by atoms with Crippen LogP contribution in [0.3, 0.4) is 0 Å². The number of hydrogen-bond donors (Lipinski definition) is 1. The average molecular weight is 391 g/mol. The molecule has 1 amide bonds. The molecule has 0 bridgehead atoms. The molecule has 2 heterocycles. The van der Waals surface area contributed by atoms with Crippen molar-refractivity contribution in [3.8, 4) is 17.0 Å². The Balaban J connectivity index is 1.42. The van der Waals surface area contributed by atoms with Crippen molar-refractivity contribution in [3.63, 3.8) is 0 Å². The van der Waals surface area contributed by atoms with E-state index >= 15 is 0 Å². The number of rotatable bonds is 10. The Kier molecular flexibility index (Phi) is 7.62. The van der Waals surface area contributed by atoms with Gasteiger partial charge >= 0.3 is 0 Å². The Morgan fingerprint density at radius 3 is 2.93 bits per heavy atom. The number of aromatic nitrogens is 1. The van der Waals surface area contributed by atoms with Gasteiger partial charge in [0.25, 0.3) is 0 Å². The first-order valence-electron chi connectivity index (χ1n) is 9.42. The van der Waals surface area contributed by atoms with E-state index < -0.39 is 0 Å². The Hall–Kier alpha value is -1.96. The molecule has 1 aliphatic rings. The fourth-order valence-electron chi connectivity index (χ4n) is 2.74. The molecule has 2 aromatic rings. The van der Waals surface area contributed by atoms with Gasteiger partial charge in [-0.05, 0) is 43.5 Å². The molecule has 3 rings (SSSR count). The maximum absolute atomic E-state index is 12.0. The number of benzene rings is 1. The van der Waals surface area contributed by atoms with Gasteiger partial charge in [-0.2, -0.15) is 0 Å². The van der Waals surface area contributed by atoms with Crippen LogP contribution in [0.5, 0.6) is 5.75 Å². The summed E-state index contributed by atoms with van der Waals surface area (Å²) in [7, 11) is 0. The average Bonchev–Trinajstić information content (AvgIpc) is 3.36. The molecule has 0 aliphatic carbocycles. The molecule has 1 atom stereocenters. The monoisotopic (exact) mass is 390 g/mol. The predicted molar refractivity (Wildman–Crippen MR) is 106 cm³/mol. The lowest BCUT2D eigenvalue weighted by Gasteiger charge is -2.09. The van der Waals surface area contributed by atoms with Crippen LogP contribution in [0.4, 0.5) is 5.13 Å². The molecule has 0 saturated carbocycles. The van der Waals surface area contributed by atoms with Crippen molar-refractivity contribution in [1.82, 2.24) is 4.98 Å². The molecular weight excluding hydrogens is 364 g/mol. The van der Waals surface area contributed by atoms with Crippen LogP contribution in [-0.4, -0.2) is 43.4 Å². The van der Waals surface area contributed by atoms with Crippen molar-refractivity contribution >= 4 is 22.4 Å². The summed E-state index contributed by atoms with van der Waals surface area (Å²) in [5.74, 6) is 0.763. The van der Waals surface area contributed by atoms with E-state index in [1.54, 1.807) is 0 Å². The van der Waals surface area contributed by atoms with Crippen LogP contribution in [0, 0.1) is 0 Å². The number of thiazole rings is 1. The lowest BCUT2D eigenvalue weighted by Crippen LogP contribution is -2.18. The van der Waals surface area contributed by atoms with E-state index in [1.807, 2.05) is 29.6 Å². The minimum Gasteiger partial charge on any atom is -0.494 e. The Morgan fingerprint density at radius 2 is 2.19 bits per heavy atom. The summed E-state index contributed by atoms with van der Waals surface area (Å²) >= 11 is 1.42. The Morgan fingerprint density at radius 1 is 1.33 bits per heavy atom. The zero-order valence-electron chi connectivity index (χ0n) is 15.6. The lowest BCUT2D eigenvalue weighted by atomic mass is 10.2. The van der Waals surface area contributed by atoms with E-state index in [-0.39, 0.29) is 12.0 Å². The van der Waals surface area contributed by atoms with Crippen LogP contribution in [-0.2, 0) is 14.3 Å². The molecule has 146 valence electrons. The first-order chi connectivity index (χ1) is 13.2. The van der Waals surface area contributed by atoms with Crippen LogP contribution in [0.1, 0.15) is 32.6 Å². The van der Waals surface area contributed by atoms with Crippen molar-refractivity contribution < 1.29 is 19.0 Å². The number of nitrogens with zero attached hydrogens (tertiary/aromatic N) is 1. The van der Waals surface area contributed by atoms with Crippen LogP contribution < -0.4 is 10.1 Å². The normalized spacial score (nSPS) is 16.4. The molecular formula is C20H26N2O4S. The third-order valence-corrected chi connectivity index (χ3v) is 4.93.